The predicted octanol–water partition coefficient (Wildman–Crippen LogP) is 1.37. The fraction of sp³-hybridized carbons (Fsp3) is 0.467. The molecule has 0 aliphatic carbocycles. The minimum absolute atomic E-state index is 0.325. The van der Waals surface area contributed by atoms with E-state index in [1.807, 2.05) is 4.90 Å². The van der Waals surface area contributed by atoms with Crippen molar-refractivity contribution < 1.29 is 19.4 Å². The smallest absolute Gasteiger partial charge is 0.327 e. The number of hydrogen-bond donors (Lipinski definition) is 3. The molecule has 0 aromatic heterocycles. The molecule has 22 heavy (non-hydrogen) atoms. The molecule has 7 nitrogen and oxygen atoms in total. The second-order valence-corrected chi connectivity index (χ2v) is 5.23. The van der Waals surface area contributed by atoms with Gasteiger partial charge in [0.05, 0.1) is 7.11 Å². The van der Waals surface area contributed by atoms with Crippen LogP contribution in [-0.2, 0) is 4.79 Å². The van der Waals surface area contributed by atoms with Crippen LogP contribution in [0.1, 0.15) is 12.8 Å². The lowest BCUT2D eigenvalue weighted by molar-refractivity contribution is -0.139. The lowest BCUT2D eigenvalue weighted by Gasteiger charge is -2.21. The number of methoxy groups -OCH3 is 1. The number of ether oxygens (including phenoxy) is 1. The number of amides is 2. The third kappa shape index (κ3) is 4.63. The quantitative estimate of drug-likeness (QED) is 0.738. The summed E-state index contributed by atoms with van der Waals surface area (Å²) in [5, 5.41) is 14.3. The highest BCUT2D eigenvalue weighted by Gasteiger charge is 2.24. The maximum Gasteiger partial charge on any atom is 0.327 e. The summed E-state index contributed by atoms with van der Waals surface area (Å²) in [6.07, 6.45) is 2.15. The molecule has 1 aromatic rings. The molecule has 1 aromatic carbocycles. The summed E-state index contributed by atoms with van der Waals surface area (Å²) >= 11 is 0. The topological polar surface area (TPSA) is 90.9 Å². The summed E-state index contributed by atoms with van der Waals surface area (Å²) in [5.41, 5.74) is 0.573. The van der Waals surface area contributed by atoms with Crippen molar-refractivity contribution >= 4 is 17.7 Å². The lowest BCUT2D eigenvalue weighted by Crippen LogP contribution is -2.49. The van der Waals surface area contributed by atoms with E-state index in [0.29, 0.717) is 18.0 Å². The van der Waals surface area contributed by atoms with E-state index in [-0.39, 0.29) is 0 Å². The van der Waals surface area contributed by atoms with Crippen LogP contribution in [0.4, 0.5) is 10.5 Å². The Hall–Kier alpha value is -2.28. The minimum Gasteiger partial charge on any atom is -0.497 e. The fourth-order valence-electron chi connectivity index (χ4n) is 2.41. The number of benzene rings is 1. The second-order valence-electron chi connectivity index (χ2n) is 5.23. The summed E-state index contributed by atoms with van der Waals surface area (Å²) in [7, 11) is 1.56. The molecule has 0 spiro atoms. The van der Waals surface area contributed by atoms with Gasteiger partial charge in [-0.2, -0.15) is 0 Å². The van der Waals surface area contributed by atoms with Gasteiger partial charge in [-0.15, -0.1) is 0 Å². The maximum atomic E-state index is 11.9. The molecule has 1 fully saturated rings. The van der Waals surface area contributed by atoms with Crippen LogP contribution in [0.25, 0.3) is 0 Å². The zero-order valence-electron chi connectivity index (χ0n) is 12.5. The Morgan fingerprint density at radius 1 is 1.27 bits per heavy atom. The number of carboxylic acid groups (broad SMARTS) is 1. The van der Waals surface area contributed by atoms with Crippen molar-refractivity contribution in [2.75, 3.05) is 32.1 Å². The van der Waals surface area contributed by atoms with Gasteiger partial charge < -0.3 is 25.4 Å². The van der Waals surface area contributed by atoms with E-state index in [0.717, 1.165) is 25.9 Å². The number of rotatable bonds is 6. The lowest BCUT2D eigenvalue weighted by atomic mass is 10.2. The van der Waals surface area contributed by atoms with Crippen molar-refractivity contribution in [1.29, 1.82) is 0 Å². The van der Waals surface area contributed by atoms with Crippen LogP contribution in [0.3, 0.4) is 0 Å². The van der Waals surface area contributed by atoms with Crippen molar-refractivity contribution in [3.63, 3.8) is 0 Å². The van der Waals surface area contributed by atoms with E-state index in [1.54, 1.807) is 31.4 Å². The van der Waals surface area contributed by atoms with Gasteiger partial charge >= 0.3 is 12.0 Å². The molecular formula is C15H21N3O4. The first-order valence-electron chi connectivity index (χ1n) is 7.25. The van der Waals surface area contributed by atoms with Gasteiger partial charge in [0.25, 0.3) is 0 Å². The molecule has 1 atom stereocenters. The molecule has 2 rings (SSSR count). The van der Waals surface area contributed by atoms with E-state index in [2.05, 4.69) is 10.6 Å². The largest absolute Gasteiger partial charge is 0.497 e. The van der Waals surface area contributed by atoms with Crippen LogP contribution < -0.4 is 15.4 Å². The van der Waals surface area contributed by atoms with Crippen LogP contribution >= 0.6 is 0 Å². The Balaban J connectivity index is 1.87. The van der Waals surface area contributed by atoms with Crippen LogP contribution in [0.15, 0.2) is 24.3 Å². The normalized spacial score (nSPS) is 16.0. The Morgan fingerprint density at radius 3 is 2.45 bits per heavy atom. The molecule has 0 saturated carbocycles. The minimum atomic E-state index is -1.03. The summed E-state index contributed by atoms with van der Waals surface area (Å²) in [6.45, 7) is 2.09. The summed E-state index contributed by atoms with van der Waals surface area (Å²) < 4.78 is 5.03. The first-order valence-corrected chi connectivity index (χ1v) is 7.25. The van der Waals surface area contributed by atoms with E-state index >= 15 is 0 Å². The van der Waals surface area contributed by atoms with Crippen LogP contribution in [0.2, 0.25) is 0 Å². The standard InChI is InChI=1S/C15H21N3O4/c1-22-12-6-4-11(5-7-12)16-15(21)17-13(14(19)20)10-18-8-2-3-9-18/h4-7,13H,2-3,8-10H2,1H3,(H,19,20)(H2,16,17,21). The predicted molar refractivity (Wildman–Crippen MR) is 82.2 cm³/mol. The van der Waals surface area contributed by atoms with Gasteiger partial charge in [-0.05, 0) is 50.2 Å². The number of urea groups is 1. The number of likely N-dealkylation sites (tertiary alicyclic amines) is 1. The van der Waals surface area contributed by atoms with E-state index < -0.39 is 18.0 Å². The molecule has 1 saturated heterocycles. The third-order valence-corrected chi connectivity index (χ3v) is 3.59. The number of anilines is 1. The summed E-state index contributed by atoms with van der Waals surface area (Å²) in [4.78, 5) is 25.2. The molecule has 1 unspecified atom stereocenters. The van der Waals surface area contributed by atoms with Gasteiger partial charge in [-0.25, -0.2) is 9.59 Å². The highest BCUT2D eigenvalue weighted by Crippen LogP contribution is 2.15. The zero-order chi connectivity index (χ0) is 15.9. The number of carboxylic acids is 1. The number of nitrogens with zero attached hydrogens (tertiary/aromatic N) is 1. The van der Waals surface area contributed by atoms with Crippen LogP contribution in [-0.4, -0.2) is 54.8 Å². The maximum absolute atomic E-state index is 11.9. The molecule has 120 valence electrons. The van der Waals surface area contributed by atoms with Gasteiger partial charge in [0, 0.05) is 12.2 Å². The van der Waals surface area contributed by atoms with E-state index in [9.17, 15) is 14.7 Å². The zero-order valence-corrected chi connectivity index (χ0v) is 12.5. The van der Waals surface area contributed by atoms with Crippen LogP contribution in [0.5, 0.6) is 5.75 Å². The number of nitrogens with one attached hydrogen (secondary N) is 2. The van der Waals surface area contributed by atoms with Crippen molar-refractivity contribution in [1.82, 2.24) is 10.2 Å². The van der Waals surface area contributed by atoms with Gasteiger partial charge in [-0.3, -0.25) is 0 Å². The summed E-state index contributed by atoms with van der Waals surface area (Å²) in [6, 6.07) is 5.36. The first kappa shape index (κ1) is 16.1. The molecule has 2 amide bonds. The van der Waals surface area contributed by atoms with Crippen molar-refractivity contribution in [3.05, 3.63) is 24.3 Å². The number of aliphatic carboxylic acids is 1. The molecule has 1 heterocycles. The van der Waals surface area contributed by atoms with Crippen molar-refractivity contribution in [2.24, 2.45) is 0 Å². The Kier molecular flexibility index (Phi) is 5.60. The van der Waals surface area contributed by atoms with Gasteiger partial charge in [-0.1, -0.05) is 0 Å². The first-order chi connectivity index (χ1) is 10.6. The van der Waals surface area contributed by atoms with Crippen molar-refractivity contribution in [2.45, 2.75) is 18.9 Å². The Labute approximate surface area is 129 Å². The molecule has 1 aliphatic heterocycles. The summed E-state index contributed by atoms with van der Waals surface area (Å²) in [5.74, 6) is -0.347. The number of hydrogen-bond acceptors (Lipinski definition) is 4. The molecule has 3 N–H and O–H groups in total. The molecule has 0 radical (unpaired) electrons. The molecule has 1 aliphatic rings. The molecular weight excluding hydrogens is 286 g/mol. The number of carbonyl (C=O) groups is 2. The third-order valence-electron chi connectivity index (χ3n) is 3.59. The molecule has 7 heteroatoms. The SMILES string of the molecule is COc1ccc(NC(=O)NC(CN2CCCC2)C(=O)O)cc1. The fourth-order valence-corrected chi connectivity index (χ4v) is 2.41. The van der Waals surface area contributed by atoms with Gasteiger partial charge in [0.1, 0.15) is 11.8 Å². The average molecular weight is 307 g/mol. The number of carbonyl (C=O) groups excluding carboxylic acids is 1. The second kappa shape index (κ2) is 7.65. The van der Waals surface area contributed by atoms with Crippen LogP contribution in [0, 0.1) is 0 Å². The van der Waals surface area contributed by atoms with Crippen molar-refractivity contribution in [3.8, 4) is 5.75 Å². The van der Waals surface area contributed by atoms with Gasteiger partial charge in [0.2, 0.25) is 0 Å². The average Bonchev–Trinajstić information content (AvgIpc) is 3.00. The van der Waals surface area contributed by atoms with E-state index in [1.165, 1.54) is 0 Å². The van der Waals surface area contributed by atoms with Gasteiger partial charge in [0.15, 0.2) is 0 Å². The Morgan fingerprint density at radius 2 is 1.91 bits per heavy atom. The monoisotopic (exact) mass is 307 g/mol. The Bertz CT molecular complexity index is 512. The highest BCUT2D eigenvalue weighted by atomic mass is 16.5. The highest BCUT2D eigenvalue weighted by molar-refractivity contribution is 5.92. The molecule has 0 bridgehead atoms. The van der Waals surface area contributed by atoms with E-state index in [4.69, 9.17) is 4.74 Å².